The molecule has 0 spiro atoms. The topological polar surface area (TPSA) is 225 Å². The molecule has 13 nitrogen and oxygen atoms in total. The number of hydrogen-bond donors (Lipinski definition) is 8. The summed E-state index contributed by atoms with van der Waals surface area (Å²) in [5, 5.41) is 33.6. The van der Waals surface area contributed by atoms with Crippen LogP contribution >= 0.6 is 24.4 Å². The lowest BCUT2D eigenvalue weighted by Crippen LogP contribution is -2.57. The minimum Gasteiger partial charge on any atom is -0.481 e. The number of nitrogens with one attached hydrogen (secondary N) is 3. The third-order valence-corrected chi connectivity index (χ3v) is 5.06. The molecule has 182 valence electrons. The SMILES string of the molecule is CSCCC(NC(=O)C(CS)NC(=O)C(CCC(=O)O)NC(=O)C(N)CC(=O)O)C(=O)O. The summed E-state index contributed by atoms with van der Waals surface area (Å²) < 4.78 is 0. The number of nitrogens with two attached hydrogens (primary N) is 1. The maximum Gasteiger partial charge on any atom is 0.326 e. The van der Waals surface area contributed by atoms with Crippen molar-refractivity contribution in [2.24, 2.45) is 5.73 Å². The molecule has 8 N–H and O–H groups in total. The largest absolute Gasteiger partial charge is 0.481 e. The monoisotopic (exact) mass is 496 g/mol. The van der Waals surface area contributed by atoms with Crippen LogP contribution in [0, 0.1) is 0 Å². The number of hydrogen-bond acceptors (Lipinski definition) is 9. The van der Waals surface area contributed by atoms with Crippen molar-refractivity contribution in [3.8, 4) is 0 Å². The lowest BCUT2D eigenvalue weighted by atomic mass is 10.1. The fourth-order valence-electron chi connectivity index (χ4n) is 2.33. The summed E-state index contributed by atoms with van der Waals surface area (Å²) in [7, 11) is 0. The second-order valence-electron chi connectivity index (χ2n) is 6.62. The fraction of sp³-hybridized carbons (Fsp3) is 0.647. The van der Waals surface area contributed by atoms with E-state index in [1.165, 1.54) is 11.8 Å². The molecule has 0 aliphatic carbocycles. The van der Waals surface area contributed by atoms with Gasteiger partial charge >= 0.3 is 17.9 Å². The first-order chi connectivity index (χ1) is 14.9. The van der Waals surface area contributed by atoms with E-state index in [0.717, 1.165) is 0 Å². The van der Waals surface area contributed by atoms with Crippen molar-refractivity contribution in [3.63, 3.8) is 0 Å². The van der Waals surface area contributed by atoms with Gasteiger partial charge in [-0.1, -0.05) is 0 Å². The number of aliphatic carboxylic acids is 3. The Bertz CT molecular complexity index is 708. The highest BCUT2D eigenvalue weighted by Crippen LogP contribution is 2.04. The molecule has 3 amide bonds. The molecule has 32 heavy (non-hydrogen) atoms. The first-order valence-electron chi connectivity index (χ1n) is 9.35. The van der Waals surface area contributed by atoms with Crippen LogP contribution in [-0.2, 0) is 28.8 Å². The van der Waals surface area contributed by atoms with Crippen molar-refractivity contribution < 1.29 is 44.1 Å². The highest BCUT2D eigenvalue weighted by molar-refractivity contribution is 7.98. The van der Waals surface area contributed by atoms with Crippen molar-refractivity contribution in [2.45, 2.75) is 49.9 Å². The Morgan fingerprint density at radius 2 is 1.38 bits per heavy atom. The van der Waals surface area contributed by atoms with Gasteiger partial charge < -0.3 is 37.0 Å². The van der Waals surface area contributed by atoms with Crippen LogP contribution < -0.4 is 21.7 Å². The summed E-state index contributed by atoms with van der Waals surface area (Å²) in [6, 6.07) is -5.38. The summed E-state index contributed by atoms with van der Waals surface area (Å²) in [5.74, 6) is -6.36. The Kier molecular flexibility index (Phi) is 14.1. The lowest BCUT2D eigenvalue weighted by Gasteiger charge is -2.24. The molecule has 15 heteroatoms. The van der Waals surface area contributed by atoms with Gasteiger partial charge in [0.05, 0.1) is 12.5 Å². The predicted molar refractivity (Wildman–Crippen MR) is 117 cm³/mol. The summed E-state index contributed by atoms with van der Waals surface area (Å²) in [6.07, 6.45) is 0.326. The number of carboxylic acid groups (broad SMARTS) is 3. The van der Waals surface area contributed by atoms with Crippen LogP contribution in [0.4, 0.5) is 0 Å². The highest BCUT2D eigenvalue weighted by Gasteiger charge is 2.30. The molecule has 0 rings (SSSR count). The minimum atomic E-state index is -1.48. The number of carbonyl (C=O) groups is 6. The highest BCUT2D eigenvalue weighted by atomic mass is 32.2. The molecular formula is C17H28N4O9S2. The van der Waals surface area contributed by atoms with E-state index in [4.69, 9.17) is 15.9 Å². The summed E-state index contributed by atoms with van der Waals surface area (Å²) >= 11 is 5.36. The Morgan fingerprint density at radius 1 is 0.844 bits per heavy atom. The quantitative estimate of drug-likeness (QED) is 0.108. The zero-order valence-electron chi connectivity index (χ0n) is 17.3. The maximum atomic E-state index is 12.6. The third-order valence-electron chi connectivity index (χ3n) is 4.05. The van der Waals surface area contributed by atoms with E-state index in [2.05, 4.69) is 28.6 Å². The Hall–Kier alpha value is -2.52. The van der Waals surface area contributed by atoms with Gasteiger partial charge in [-0.3, -0.25) is 24.0 Å². The van der Waals surface area contributed by atoms with Gasteiger partial charge in [0, 0.05) is 12.2 Å². The van der Waals surface area contributed by atoms with E-state index in [1.807, 2.05) is 0 Å². The molecule has 0 saturated carbocycles. The summed E-state index contributed by atoms with van der Waals surface area (Å²) in [4.78, 5) is 69.9. The van der Waals surface area contributed by atoms with Crippen molar-refractivity contribution in [3.05, 3.63) is 0 Å². The van der Waals surface area contributed by atoms with E-state index >= 15 is 0 Å². The number of carboxylic acids is 3. The van der Waals surface area contributed by atoms with Crippen molar-refractivity contribution in [2.75, 3.05) is 17.8 Å². The second-order valence-corrected chi connectivity index (χ2v) is 7.97. The Balaban J connectivity index is 5.27. The number of carbonyl (C=O) groups excluding carboxylic acids is 3. The number of thioether (sulfide) groups is 1. The smallest absolute Gasteiger partial charge is 0.326 e. The molecule has 0 aromatic carbocycles. The lowest BCUT2D eigenvalue weighted by molar-refractivity contribution is -0.142. The molecule has 0 aliphatic heterocycles. The Labute approximate surface area is 193 Å². The van der Waals surface area contributed by atoms with Crippen LogP contribution in [-0.4, -0.2) is 92.9 Å². The summed E-state index contributed by atoms with van der Waals surface area (Å²) in [6.45, 7) is 0. The van der Waals surface area contributed by atoms with Gasteiger partial charge in [0.1, 0.15) is 18.1 Å². The van der Waals surface area contributed by atoms with Crippen molar-refractivity contribution in [1.82, 2.24) is 16.0 Å². The molecule has 0 aromatic rings. The predicted octanol–water partition coefficient (Wildman–Crippen LogP) is -2.12. The molecule has 0 fully saturated rings. The standard InChI is InChI=1S/C17H28N4O9S2/c1-32-5-4-10(17(29)30)20-16(28)11(7-31)21-15(27)9(2-3-12(22)23)19-14(26)8(18)6-13(24)25/h8-11,31H,2-7,18H2,1H3,(H,19,26)(H,20,28)(H,21,27)(H,22,23)(H,24,25)(H,29,30). The van der Waals surface area contributed by atoms with Gasteiger partial charge in [-0.15, -0.1) is 0 Å². The molecule has 0 aliphatic rings. The van der Waals surface area contributed by atoms with Crippen molar-refractivity contribution in [1.29, 1.82) is 0 Å². The molecule has 0 aromatic heterocycles. The maximum absolute atomic E-state index is 12.6. The van der Waals surface area contributed by atoms with Crippen LogP contribution in [0.5, 0.6) is 0 Å². The van der Waals surface area contributed by atoms with Gasteiger partial charge in [-0.2, -0.15) is 24.4 Å². The fourth-order valence-corrected chi connectivity index (χ4v) is 3.06. The molecule has 0 bridgehead atoms. The molecule has 4 atom stereocenters. The summed E-state index contributed by atoms with van der Waals surface area (Å²) in [5.41, 5.74) is 5.45. The molecule has 4 unspecified atom stereocenters. The molecule has 0 radical (unpaired) electrons. The van der Waals surface area contributed by atoms with Gasteiger partial charge in [0.2, 0.25) is 17.7 Å². The van der Waals surface area contributed by atoms with Crippen LogP contribution in [0.15, 0.2) is 0 Å². The van der Waals surface area contributed by atoms with E-state index in [0.29, 0.717) is 5.75 Å². The van der Waals surface area contributed by atoms with Gasteiger partial charge in [-0.05, 0) is 24.9 Å². The van der Waals surface area contributed by atoms with Gasteiger partial charge in [0.15, 0.2) is 0 Å². The van der Waals surface area contributed by atoms with E-state index in [9.17, 15) is 33.9 Å². The average Bonchev–Trinajstić information content (AvgIpc) is 2.70. The van der Waals surface area contributed by atoms with Gasteiger partial charge in [-0.25, -0.2) is 4.79 Å². The zero-order valence-corrected chi connectivity index (χ0v) is 19.0. The number of thiol groups is 1. The van der Waals surface area contributed by atoms with Crippen LogP contribution in [0.2, 0.25) is 0 Å². The van der Waals surface area contributed by atoms with Crippen molar-refractivity contribution >= 4 is 60.0 Å². The molecule has 0 saturated heterocycles. The number of rotatable bonds is 16. The minimum absolute atomic E-state index is 0.147. The number of amides is 3. The molecule has 0 heterocycles. The van der Waals surface area contributed by atoms with Gasteiger partial charge in [0.25, 0.3) is 0 Å². The van der Waals surface area contributed by atoms with E-state index in [-0.39, 0.29) is 18.6 Å². The first-order valence-corrected chi connectivity index (χ1v) is 11.4. The third kappa shape index (κ3) is 11.8. The van der Waals surface area contributed by atoms with Crippen LogP contribution in [0.25, 0.3) is 0 Å². The first kappa shape index (κ1) is 29.5. The van der Waals surface area contributed by atoms with Crippen LogP contribution in [0.3, 0.4) is 0 Å². The zero-order chi connectivity index (χ0) is 24.8. The molecular weight excluding hydrogens is 468 g/mol. The normalized spacial score (nSPS) is 14.3. The average molecular weight is 497 g/mol. The van der Waals surface area contributed by atoms with Crippen LogP contribution in [0.1, 0.15) is 25.7 Å². The van der Waals surface area contributed by atoms with E-state index < -0.39 is 72.6 Å². The Morgan fingerprint density at radius 3 is 1.84 bits per heavy atom. The second kappa shape index (κ2) is 15.3. The van der Waals surface area contributed by atoms with E-state index in [1.54, 1.807) is 6.26 Å².